The molecule has 4 aliphatic rings. The van der Waals surface area contributed by atoms with Crippen molar-refractivity contribution in [2.45, 2.75) is 63.5 Å². The van der Waals surface area contributed by atoms with E-state index < -0.39 is 5.97 Å². The Balaban J connectivity index is 1.84. The van der Waals surface area contributed by atoms with Crippen LogP contribution in [0.5, 0.6) is 0 Å². The first kappa shape index (κ1) is 12.5. The quantitative estimate of drug-likeness (QED) is 0.835. The molecule has 1 N–H and O–H groups in total. The highest BCUT2D eigenvalue weighted by Crippen LogP contribution is 2.57. The molecule has 1 atom stereocenters. The van der Waals surface area contributed by atoms with E-state index in [-0.39, 0.29) is 11.6 Å². The minimum Gasteiger partial charge on any atom is -0.480 e. The zero-order valence-corrected chi connectivity index (χ0v) is 11.6. The predicted molar refractivity (Wildman–Crippen MR) is 70.4 cm³/mol. The third kappa shape index (κ3) is 1.78. The molecule has 4 saturated carbocycles. The topological polar surface area (TPSA) is 40.5 Å². The molecular weight excluding hydrogens is 226 g/mol. The van der Waals surface area contributed by atoms with E-state index in [2.05, 4.69) is 11.9 Å². The monoisotopic (exact) mass is 251 g/mol. The smallest absolute Gasteiger partial charge is 0.320 e. The van der Waals surface area contributed by atoms with E-state index in [1.807, 2.05) is 6.92 Å². The Morgan fingerprint density at radius 1 is 1.22 bits per heavy atom. The molecule has 4 fully saturated rings. The second-order valence-corrected chi connectivity index (χ2v) is 7.02. The third-order valence-electron chi connectivity index (χ3n) is 5.89. The maximum Gasteiger partial charge on any atom is 0.320 e. The first-order chi connectivity index (χ1) is 8.54. The fourth-order valence-electron chi connectivity index (χ4n) is 5.44. The van der Waals surface area contributed by atoms with Gasteiger partial charge in [-0.1, -0.05) is 6.92 Å². The maximum absolute atomic E-state index is 11.4. The van der Waals surface area contributed by atoms with Crippen LogP contribution in [0, 0.1) is 17.8 Å². The van der Waals surface area contributed by atoms with Crippen LogP contribution in [0.1, 0.15) is 51.9 Å². The summed E-state index contributed by atoms with van der Waals surface area (Å²) in [4.78, 5) is 13.7. The van der Waals surface area contributed by atoms with Crippen molar-refractivity contribution in [3.8, 4) is 0 Å². The lowest BCUT2D eigenvalue weighted by Gasteiger charge is -2.60. The summed E-state index contributed by atoms with van der Waals surface area (Å²) >= 11 is 0. The van der Waals surface area contributed by atoms with Crippen molar-refractivity contribution in [2.24, 2.45) is 17.8 Å². The molecule has 4 rings (SSSR count). The van der Waals surface area contributed by atoms with E-state index in [0.29, 0.717) is 6.42 Å². The molecule has 102 valence electrons. The van der Waals surface area contributed by atoms with Crippen molar-refractivity contribution in [2.75, 3.05) is 7.05 Å². The average molecular weight is 251 g/mol. The van der Waals surface area contributed by atoms with Gasteiger partial charge in [-0.3, -0.25) is 9.69 Å². The third-order valence-corrected chi connectivity index (χ3v) is 5.89. The molecule has 3 nitrogen and oxygen atoms in total. The molecular formula is C15H25NO2. The molecule has 0 aromatic heterocycles. The molecule has 0 saturated heterocycles. The van der Waals surface area contributed by atoms with Crippen LogP contribution in [0.15, 0.2) is 0 Å². The van der Waals surface area contributed by atoms with Crippen molar-refractivity contribution in [1.29, 1.82) is 0 Å². The van der Waals surface area contributed by atoms with Crippen molar-refractivity contribution < 1.29 is 9.90 Å². The van der Waals surface area contributed by atoms with Crippen LogP contribution in [-0.2, 0) is 4.79 Å². The lowest BCUT2D eigenvalue weighted by molar-refractivity contribution is -0.152. The Hall–Kier alpha value is -0.570. The second-order valence-electron chi connectivity index (χ2n) is 7.02. The van der Waals surface area contributed by atoms with Gasteiger partial charge in [0.2, 0.25) is 0 Å². The van der Waals surface area contributed by atoms with Crippen LogP contribution in [0.4, 0.5) is 0 Å². The number of carbonyl (C=O) groups is 1. The zero-order chi connectivity index (χ0) is 12.9. The molecule has 18 heavy (non-hydrogen) atoms. The number of likely N-dealkylation sites (N-methyl/N-ethyl adjacent to an activating group) is 1. The number of nitrogens with zero attached hydrogens (tertiary/aromatic N) is 1. The average Bonchev–Trinajstić information content (AvgIpc) is 2.27. The van der Waals surface area contributed by atoms with Crippen molar-refractivity contribution in [3.05, 3.63) is 0 Å². The van der Waals surface area contributed by atoms with E-state index in [0.717, 1.165) is 17.8 Å². The number of hydrogen-bond donors (Lipinski definition) is 1. The molecule has 0 heterocycles. The summed E-state index contributed by atoms with van der Waals surface area (Å²) in [6.45, 7) is 2.00. The largest absolute Gasteiger partial charge is 0.480 e. The lowest BCUT2D eigenvalue weighted by Crippen LogP contribution is -2.62. The van der Waals surface area contributed by atoms with E-state index >= 15 is 0 Å². The van der Waals surface area contributed by atoms with Crippen LogP contribution in [0.25, 0.3) is 0 Å². The molecule has 1 unspecified atom stereocenters. The minimum atomic E-state index is -0.643. The molecule has 3 heteroatoms. The van der Waals surface area contributed by atoms with Gasteiger partial charge in [0.15, 0.2) is 0 Å². The van der Waals surface area contributed by atoms with Gasteiger partial charge < -0.3 is 5.11 Å². The number of aliphatic carboxylic acids is 1. The maximum atomic E-state index is 11.4. The van der Waals surface area contributed by atoms with Crippen LogP contribution in [0.3, 0.4) is 0 Å². The fraction of sp³-hybridized carbons (Fsp3) is 0.933. The molecule has 0 spiro atoms. The van der Waals surface area contributed by atoms with E-state index in [4.69, 9.17) is 0 Å². The van der Waals surface area contributed by atoms with Crippen molar-refractivity contribution in [1.82, 2.24) is 4.90 Å². The highest BCUT2D eigenvalue weighted by atomic mass is 16.4. The summed E-state index contributed by atoms with van der Waals surface area (Å²) < 4.78 is 0. The number of carboxylic acids is 1. The first-order valence-electron chi connectivity index (χ1n) is 7.50. The van der Waals surface area contributed by atoms with Gasteiger partial charge in [-0.2, -0.15) is 0 Å². The highest BCUT2D eigenvalue weighted by molar-refractivity contribution is 5.73. The Bertz CT molecular complexity index is 317. The summed E-state index contributed by atoms with van der Waals surface area (Å²) in [5.74, 6) is 2.00. The molecule has 0 aliphatic heterocycles. The summed E-state index contributed by atoms with van der Waals surface area (Å²) in [5.41, 5.74) is 0.216. The normalized spacial score (nSPS) is 43.4. The van der Waals surface area contributed by atoms with Gasteiger partial charge in [0.05, 0.1) is 0 Å². The van der Waals surface area contributed by atoms with Crippen LogP contribution in [-0.4, -0.2) is 34.6 Å². The van der Waals surface area contributed by atoms with Crippen LogP contribution >= 0.6 is 0 Å². The Morgan fingerprint density at radius 3 is 2.00 bits per heavy atom. The minimum absolute atomic E-state index is 0.216. The van der Waals surface area contributed by atoms with Gasteiger partial charge in [-0.25, -0.2) is 0 Å². The van der Waals surface area contributed by atoms with Gasteiger partial charge in [-0.05, 0) is 69.7 Å². The molecule has 0 aromatic carbocycles. The van der Waals surface area contributed by atoms with Gasteiger partial charge in [0, 0.05) is 5.54 Å². The molecule has 4 bridgehead atoms. The molecule has 0 radical (unpaired) electrons. The summed E-state index contributed by atoms with van der Waals surface area (Å²) in [7, 11) is 2.06. The van der Waals surface area contributed by atoms with Crippen LogP contribution in [0.2, 0.25) is 0 Å². The second kappa shape index (κ2) is 4.22. The van der Waals surface area contributed by atoms with Gasteiger partial charge >= 0.3 is 5.97 Å². The van der Waals surface area contributed by atoms with Crippen LogP contribution < -0.4 is 0 Å². The Kier molecular flexibility index (Phi) is 2.92. The Labute approximate surface area is 110 Å². The van der Waals surface area contributed by atoms with Crippen molar-refractivity contribution >= 4 is 5.97 Å². The molecule has 4 aliphatic carbocycles. The first-order valence-corrected chi connectivity index (χ1v) is 7.50. The number of carboxylic acid groups (broad SMARTS) is 1. The van der Waals surface area contributed by atoms with Gasteiger partial charge in [0.25, 0.3) is 0 Å². The molecule has 0 amide bonds. The summed E-state index contributed by atoms with van der Waals surface area (Å²) in [5, 5.41) is 9.40. The fourth-order valence-corrected chi connectivity index (χ4v) is 5.44. The lowest BCUT2D eigenvalue weighted by atomic mass is 9.52. The van der Waals surface area contributed by atoms with Crippen molar-refractivity contribution in [3.63, 3.8) is 0 Å². The number of rotatable bonds is 4. The van der Waals surface area contributed by atoms with E-state index in [1.54, 1.807) is 0 Å². The highest BCUT2D eigenvalue weighted by Gasteiger charge is 2.54. The standard InChI is InChI=1S/C15H25NO2/c1-3-13(14(17)18)16(2)15-7-10-4-11(8-15)6-12(5-10)9-15/h10-13H,3-9H2,1-2H3,(H,17,18). The summed E-state index contributed by atoms with van der Waals surface area (Å²) in [6.07, 6.45) is 8.70. The van der Waals surface area contributed by atoms with Gasteiger partial charge in [-0.15, -0.1) is 0 Å². The summed E-state index contributed by atoms with van der Waals surface area (Å²) in [6, 6.07) is -0.291. The number of hydrogen-bond acceptors (Lipinski definition) is 2. The van der Waals surface area contributed by atoms with E-state index in [1.165, 1.54) is 38.5 Å². The zero-order valence-electron chi connectivity index (χ0n) is 11.6. The van der Waals surface area contributed by atoms with Gasteiger partial charge in [0.1, 0.15) is 6.04 Å². The predicted octanol–water partition coefficient (Wildman–Crippen LogP) is 2.75. The SMILES string of the molecule is CCC(C(=O)O)N(C)C12CC3CC(CC(C3)C1)C2. The van der Waals surface area contributed by atoms with E-state index in [9.17, 15) is 9.90 Å². The Morgan fingerprint density at radius 2 is 1.67 bits per heavy atom. The molecule has 0 aromatic rings.